The number of H-pyrrole nitrogens is 2. The van der Waals surface area contributed by atoms with Crippen molar-refractivity contribution in [2.45, 2.75) is 31.7 Å². The number of benzene rings is 1. The average molecular weight is 521 g/mol. The molecule has 3 heterocycles. The van der Waals surface area contributed by atoms with Crippen molar-refractivity contribution in [3.63, 3.8) is 0 Å². The van der Waals surface area contributed by atoms with Crippen LogP contribution in [-0.2, 0) is 29.8 Å². The van der Waals surface area contributed by atoms with Crippen LogP contribution in [0.5, 0.6) is 0 Å². The summed E-state index contributed by atoms with van der Waals surface area (Å²) in [5.41, 5.74) is 0.813. The normalized spacial score (nSPS) is 19.5. The van der Waals surface area contributed by atoms with Crippen LogP contribution in [-0.4, -0.2) is 51.3 Å². The Kier molecular flexibility index (Phi) is 8.46. The molecule has 14 heteroatoms. The molecule has 1 aliphatic rings. The third-order valence-corrected chi connectivity index (χ3v) is 6.68. The second-order valence-corrected chi connectivity index (χ2v) is 9.57. The van der Waals surface area contributed by atoms with Crippen molar-refractivity contribution in [2.24, 2.45) is 0 Å². The molecule has 7 N–H and O–H groups in total. The topological polar surface area (TPSA) is 200 Å². The van der Waals surface area contributed by atoms with Crippen LogP contribution in [0.3, 0.4) is 0 Å². The number of hydrogen-bond acceptors (Lipinski definition) is 8. The summed E-state index contributed by atoms with van der Waals surface area (Å²) in [6, 6.07) is 6.33. The number of para-hydroxylation sites is 1. The fraction of sp³-hybridized carbons (Fsp3) is 0.318. The maximum atomic E-state index is 12.7. The number of aromatic nitrogens is 3. The van der Waals surface area contributed by atoms with Gasteiger partial charge in [-0.25, -0.2) is 14.4 Å². The highest BCUT2D eigenvalue weighted by atomic mass is 31.2. The minimum Gasteiger partial charge on any atom is -0.468 e. The number of carbonyl (C=O) groups is 1. The van der Waals surface area contributed by atoms with E-state index >= 15 is 0 Å². The lowest BCUT2D eigenvalue weighted by atomic mass is 10.1. The zero-order chi connectivity index (χ0) is 25.2. The van der Waals surface area contributed by atoms with Gasteiger partial charge in [-0.2, -0.15) is 0 Å². The monoisotopic (exact) mass is 521 g/mol. The molecule has 1 aliphatic heterocycles. The Morgan fingerprint density at radius 2 is 2.06 bits per heavy atom. The Labute approximate surface area is 205 Å². The summed E-state index contributed by atoms with van der Waals surface area (Å²) in [5.74, 6) is -0.724. The second-order valence-electron chi connectivity index (χ2n) is 8.01. The van der Waals surface area contributed by atoms with Gasteiger partial charge in [-0.05, 0) is 24.6 Å². The van der Waals surface area contributed by atoms with E-state index in [0.717, 1.165) is 16.5 Å². The number of carbonyl (C=O) groups excluding carboxylic acids is 1. The molecule has 0 bridgehead atoms. The Balaban J connectivity index is 0.00000361. The molecule has 0 saturated carbocycles. The van der Waals surface area contributed by atoms with Crippen LogP contribution in [0.1, 0.15) is 17.4 Å². The second kappa shape index (κ2) is 11.2. The smallest absolute Gasteiger partial charge is 0.403 e. The van der Waals surface area contributed by atoms with E-state index in [4.69, 9.17) is 14.0 Å². The van der Waals surface area contributed by atoms with Gasteiger partial charge in [0, 0.05) is 35.3 Å². The fourth-order valence-electron chi connectivity index (χ4n) is 3.77. The van der Waals surface area contributed by atoms with E-state index in [1.807, 2.05) is 24.3 Å². The Hall–Kier alpha value is -3.32. The van der Waals surface area contributed by atoms with Crippen LogP contribution in [0.15, 0.2) is 58.4 Å². The number of ether oxygens (including phenoxy) is 2. The molecule has 4 unspecified atom stereocenters. The Bertz CT molecular complexity index is 1430. The summed E-state index contributed by atoms with van der Waals surface area (Å²) < 4.78 is 29.5. The van der Waals surface area contributed by atoms with Crippen LogP contribution < -0.4 is 22.5 Å². The molecule has 4 atom stereocenters. The summed E-state index contributed by atoms with van der Waals surface area (Å²) in [7, 11) is -3.27. The highest BCUT2D eigenvalue weighted by Crippen LogP contribution is 2.39. The molecule has 0 saturated heterocycles. The number of esters is 1. The fourth-order valence-corrected chi connectivity index (χ4v) is 4.78. The van der Waals surface area contributed by atoms with Crippen LogP contribution >= 0.6 is 7.75 Å². The first kappa shape index (κ1) is 27.3. The zero-order valence-corrected chi connectivity index (χ0v) is 20.6. The molecule has 0 spiro atoms. The van der Waals surface area contributed by atoms with Crippen molar-refractivity contribution in [3.8, 4) is 0 Å². The molecule has 36 heavy (non-hydrogen) atoms. The van der Waals surface area contributed by atoms with Crippen molar-refractivity contribution in [2.75, 3.05) is 13.7 Å². The van der Waals surface area contributed by atoms with Gasteiger partial charge in [0.2, 0.25) is 0 Å². The summed E-state index contributed by atoms with van der Waals surface area (Å²) in [6.07, 6.45) is 4.75. The Morgan fingerprint density at radius 1 is 1.31 bits per heavy atom. The van der Waals surface area contributed by atoms with Gasteiger partial charge in [0.25, 0.3) is 5.56 Å². The van der Waals surface area contributed by atoms with Crippen molar-refractivity contribution >= 4 is 24.6 Å². The average Bonchev–Trinajstić information content (AvgIpc) is 3.46. The number of fused-ring (bicyclic) bond motifs is 1. The summed E-state index contributed by atoms with van der Waals surface area (Å²) >= 11 is 0. The van der Waals surface area contributed by atoms with E-state index in [-0.39, 0.29) is 19.2 Å². The van der Waals surface area contributed by atoms with E-state index in [9.17, 15) is 23.8 Å². The molecular formula is C22H28N5O8P. The van der Waals surface area contributed by atoms with Gasteiger partial charge in [-0.15, -0.1) is 0 Å². The Morgan fingerprint density at radius 3 is 2.81 bits per heavy atom. The lowest BCUT2D eigenvalue weighted by Gasteiger charge is -2.22. The molecule has 4 rings (SSSR count). The predicted octanol–water partition coefficient (Wildman–Crippen LogP) is 1.43. The highest BCUT2D eigenvalue weighted by Gasteiger charge is 2.32. The van der Waals surface area contributed by atoms with Gasteiger partial charge >= 0.3 is 19.4 Å². The van der Waals surface area contributed by atoms with Gasteiger partial charge in [0.05, 0.1) is 13.7 Å². The predicted molar refractivity (Wildman–Crippen MR) is 131 cm³/mol. The molecule has 0 radical (unpaired) electrons. The third-order valence-electron chi connectivity index (χ3n) is 5.54. The molecule has 0 fully saturated rings. The van der Waals surface area contributed by atoms with E-state index in [1.165, 1.54) is 17.9 Å². The van der Waals surface area contributed by atoms with Gasteiger partial charge in [0.15, 0.2) is 6.23 Å². The number of hydrogen-bond donors (Lipinski definition) is 5. The van der Waals surface area contributed by atoms with Crippen LogP contribution in [0.25, 0.3) is 10.9 Å². The van der Waals surface area contributed by atoms with Gasteiger partial charge in [-0.1, -0.05) is 24.3 Å². The standard InChI is InChI=1S/C22H25N4O8P.H3N/c1-13-11-26(22(29)24-20(13)27)19-8-7-15(34-19)12-33-35(30,31)25-18(21(28)32-2)9-14-10-23-17-6-4-3-5-16(14)17;/h3-8,10-11,15,18-19,23H,9,12H2,1-2H3,(H,24,27,29)(H2,25,30,31);1H3. The number of nitrogens with one attached hydrogen (secondary N) is 3. The van der Waals surface area contributed by atoms with Crippen LogP contribution in [0.4, 0.5) is 0 Å². The first-order chi connectivity index (χ1) is 16.7. The SMILES string of the molecule is COC(=O)C(Cc1c[nH]c2ccccc12)NP(=O)(O)OCC1C=CC(n2cc(C)c(=O)[nH]c2=O)O1.N. The summed E-state index contributed by atoms with van der Waals surface area (Å²) in [4.78, 5) is 51.6. The quantitative estimate of drug-likeness (QED) is 0.156. The van der Waals surface area contributed by atoms with Crippen LogP contribution in [0.2, 0.25) is 0 Å². The lowest BCUT2D eigenvalue weighted by Crippen LogP contribution is -2.38. The number of aryl methyl sites for hydroxylation is 1. The maximum absolute atomic E-state index is 12.7. The van der Waals surface area contributed by atoms with Gasteiger partial charge in [0.1, 0.15) is 12.1 Å². The van der Waals surface area contributed by atoms with Crippen molar-refractivity contribution in [3.05, 3.63) is 80.8 Å². The maximum Gasteiger partial charge on any atom is 0.403 e. The minimum absolute atomic E-state index is 0. The number of aromatic amines is 2. The molecule has 0 aliphatic carbocycles. The largest absolute Gasteiger partial charge is 0.468 e. The molecule has 13 nitrogen and oxygen atoms in total. The van der Waals surface area contributed by atoms with E-state index in [1.54, 1.807) is 25.3 Å². The van der Waals surface area contributed by atoms with Crippen molar-refractivity contribution < 1.29 is 28.3 Å². The molecule has 3 aromatic rings. The van der Waals surface area contributed by atoms with Crippen LogP contribution in [0, 0.1) is 6.92 Å². The highest BCUT2D eigenvalue weighted by molar-refractivity contribution is 7.50. The molecular weight excluding hydrogens is 493 g/mol. The first-order valence-corrected chi connectivity index (χ1v) is 12.3. The molecule has 2 aromatic heterocycles. The number of rotatable bonds is 9. The molecule has 194 valence electrons. The zero-order valence-electron chi connectivity index (χ0n) is 19.7. The van der Waals surface area contributed by atoms with Gasteiger partial charge < -0.3 is 25.5 Å². The van der Waals surface area contributed by atoms with E-state index in [0.29, 0.717) is 5.56 Å². The summed E-state index contributed by atoms with van der Waals surface area (Å²) in [6.45, 7) is 1.22. The third kappa shape index (κ3) is 6.08. The number of nitrogens with zero attached hydrogens (tertiary/aromatic N) is 1. The van der Waals surface area contributed by atoms with E-state index < -0.39 is 43.3 Å². The van der Waals surface area contributed by atoms with Crippen molar-refractivity contribution in [1.29, 1.82) is 0 Å². The number of methoxy groups -OCH3 is 1. The first-order valence-electron chi connectivity index (χ1n) is 10.7. The molecule has 0 amide bonds. The summed E-state index contributed by atoms with van der Waals surface area (Å²) in [5, 5.41) is 3.24. The molecule has 1 aromatic carbocycles. The van der Waals surface area contributed by atoms with Gasteiger partial charge in [-0.3, -0.25) is 23.7 Å². The minimum atomic E-state index is -4.45. The van der Waals surface area contributed by atoms with Crippen molar-refractivity contribution in [1.82, 2.24) is 25.8 Å². The lowest BCUT2D eigenvalue weighted by molar-refractivity contribution is -0.142. The van der Waals surface area contributed by atoms with E-state index in [2.05, 4.69) is 15.1 Å².